The molecule has 0 saturated carbocycles. The molecule has 126 valence electrons. The molecule has 1 aromatic heterocycles. The van der Waals surface area contributed by atoms with Gasteiger partial charge < -0.3 is 16.0 Å². The van der Waals surface area contributed by atoms with Gasteiger partial charge in [-0.15, -0.1) is 24.0 Å². The number of nitrogens with two attached hydrogens (primary N) is 1. The van der Waals surface area contributed by atoms with E-state index in [0.29, 0.717) is 18.5 Å². The van der Waals surface area contributed by atoms with Gasteiger partial charge in [0, 0.05) is 23.8 Å². The molecule has 0 aliphatic carbocycles. The zero-order valence-electron chi connectivity index (χ0n) is 13.6. The van der Waals surface area contributed by atoms with Gasteiger partial charge in [0.1, 0.15) is 0 Å². The molecule has 2 aromatic rings. The van der Waals surface area contributed by atoms with Gasteiger partial charge in [-0.05, 0) is 43.5 Å². The maximum absolute atomic E-state index is 5.99. The van der Waals surface area contributed by atoms with Crippen molar-refractivity contribution in [3.05, 3.63) is 36.0 Å². The number of halogens is 1. The summed E-state index contributed by atoms with van der Waals surface area (Å²) in [6.45, 7) is 5.99. The first-order chi connectivity index (χ1) is 10.8. The molecule has 0 bridgehead atoms. The molecule has 1 atom stereocenters. The number of aromatic nitrogens is 1. The molecule has 4 N–H and O–H groups in total. The summed E-state index contributed by atoms with van der Waals surface area (Å²) in [5.41, 5.74) is 8.21. The van der Waals surface area contributed by atoms with Crippen LogP contribution >= 0.6 is 24.0 Å². The van der Waals surface area contributed by atoms with Gasteiger partial charge in [-0.1, -0.05) is 25.1 Å². The number of nitrogens with one attached hydrogen (secondary N) is 2. The van der Waals surface area contributed by atoms with E-state index < -0.39 is 0 Å². The van der Waals surface area contributed by atoms with Gasteiger partial charge in [0.2, 0.25) is 0 Å². The van der Waals surface area contributed by atoms with E-state index in [-0.39, 0.29) is 24.0 Å². The van der Waals surface area contributed by atoms with E-state index in [1.807, 2.05) is 12.1 Å². The second kappa shape index (κ2) is 8.54. The van der Waals surface area contributed by atoms with Gasteiger partial charge in [0.15, 0.2) is 5.96 Å². The van der Waals surface area contributed by atoms with E-state index in [1.54, 1.807) is 0 Å². The van der Waals surface area contributed by atoms with Crippen LogP contribution in [0.4, 0.5) is 0 Å². The third-order valence-electron chi connectivity index (χ3n) is 4.43. The van der Waals surface area contributed by atoms with Crippen molar-refractivity contribution >= 4 is 40.8 Å². The number of H-pyrrole nitrogens is 1. The Morgan fingerprint density at radius 2 is 2.26 bits per heavy atom. The molecule has 0 radical (unpaired) electrons. The maximum atomic E-state index is 5.99. The number of hydrogen-bond acceptors (Lipinski definition) is 2. The monoisotopic (exact) mass is 427 g/mol. The average molecular weight is 427 g/mol. The number of nitrogens with zero attached hydrogens (tertiary/aromatic N) is 2. The van der Waals surface area contributed by atoms with E-state index in [1.165, 1.54) is 24.8 Å². The van der Waals surface area contributed by atoms with Crippen LogP contribution < -0.4 is 11.1 Å². The van der Waals surface area contributed by atoms with Crippen molar-refractivity contribution in [1.82, 2.24) is 15.2 Å². The third kappa shape index (κ3) is 4.60. The Bertz CT molecular complexity index is 618. The quantitative estimate of drug-likeness (QED) is 0.391. The lowest BCUT2D eigenvalue weighted by Gasteiger charge is -2.23. The maximum Gasteiger partial charge on any atom is 0.189 e. The van der Waals surface area contributed by atoms with E-state index in [4.69, 9.17) is 5.73 Å². The normalized spacial score (nSPS) is 19.0. The summed E-state index contributed by atoms with van der Waals surface area (Å²) < 4.78 is 0. The molecule has 5 nitrogen and oxygen atoms in total. The third-order valence-corrected chi connectivity index (χ3v) is 4.43. The average Bonchev–Trinajstić information content (AvgIpc) is 3.16. The predicted octanol–water partition coefficient (Wildman–Crippen LogP) is 2.67. The minimum absolute atomic E-state index is 0. The molecule has 23 heavy (non-hydrogen) atoms. The Kier molecular flexibility index (Phi) is 6.71. The molecule has 3 rings (SSSR count). The summed E-state index contributed by atoms with van der Waals surface area (Å²) in [6, 6.07) is 11.0. The van der Waals surface area contributed by atoms with Crippen molar-refractivity contribution in [1.29, 1.82) is 0 Å². The van der Waals surface area contributed by atoms with Gasteiger partial charge in [-0.25, -0.2) is 4.99 Å². The molecule has 1 aromatic carbocycles. The lowest BCUT2D eigenvalue weighted by molar-refractivity contribution is 0.267. The number of aliphatic imine (C=N–C) groups is 1. The second-order valence-corrected chi connectivity index (χ2v) is 5.89. The SMILES string of the molecule is CCN1CCCC1CNC(N)=NCc1cc2ccccc2[nH]1.I. The zero-order valence-corrected chi connectivity index (χ0v) is 15.9. The van der Waals surface area contributed by atoms with Gasteiger partial charge >= 0.3 is 0 Å². The topological polar surface area (TPSA) is 69.4 Å². The fourth-order valence-electron chi connectivity index (χ4n) is 3.21. The lowest BCUT2D eigenvalue weighted by atomic mass is 10.2. The van der Waals surface area contributed by atoms with Crippen molar-refractivity contribution in [3.63, 3.8) is 0 Å². The summed E-state index contributed by atoms with van der Waals surface area (Å²) in [5, 5.41) is 4.48. The first-order valence-electron chi connectivity index (χ1n) is 8.10. The van der Waals surface area contributed by atoms with E-state index in [0.717, 1.165) is 24.3 Å². The number of benzene rings is 1. The van der Waals surface area contributed by atoms with Gasteiger partial charge in [0.25, 0.3) is 0 Å². The number of guanidine groups is 1. The van der Waals surface area contributed by atoms with Crippen LogP contribution in [0.2, 0.25) is 0 Å². The molecule has 6 heteroatoms. The molecule has 0 spiro atoms. The highest BCUT2D eigenvalue weighted by atomic mass is 127. The largest absolute Gasteiger partial charge is 0.370 e. The van der Waals surface area contributed by atoms with E-state index in [2.05, 4.69) is 45.3 Å². The smallest absolute Gasteiger partial charge is 0.189 e. The highest BCUT2D eigenvalue weighted by Gasteiger charge is 2.22. The van der Waals surface area contributed by atoms with Crippen LogP contribution in [0.25, 0.3) is 10.9 Å². The number of aromatic amines is 1. The minimum Gasteiger partial charge on any atom is -0.370 e. The molecule has 2 heterocycles. The molecule has 0 amide bonds. The molecule has 1 unspecified atom stereocenters. The van der Waals surface area contributed by atoms with Crippen molar-refractivity contribution in [2.75, 3.05) is 19.6 Å². The van der Waals surface area contributed by atoms with Crippen LogP contribution in [-0.2, 0) is 6.54 Å². The highest BCUT2D eigenvalue weighted by molar-refractivity contribution is 14.0. The van der Waals surface area contributed by atoms with E-state index >= 15 is 0 Å². The molecule has 1 fully saturated rings. The summed E-state index contributed by atoms with van der Waals surface area (Å²) in [6.07, 6.45) is 2.53. The van der Waals surface area contributed by atoms with Crippen LogP contribution in [-0.4, -0.2) is 41.5 Å². The fraction of sp³-hybridized carbons (Fsp3) is 0.471. The number of para-hydroxylation sites is 1. The standard InChI is InChI=1S/C17H25N5.HI/c1-2-22-9-5-7-15(22)12-20-17(18)19-11-14-10-13-6-3-4-8-16(13)21-14;/h3-4,6,8,10,15,21H,2,5,7,9,11-12H2,1H3,(H3,18,19,20);1H. The van der Waals surface area contributed by atoms with Crippen molar-refractivity contribution in [2.24, 2.45) is 10.7 Å². The first kappa shape index (κ1) is 18.1. The van der Waals surface area contributed by atoms with Crippen LogP contribution in [0.3, 0.4) is 0 Å². The number of fused-ring (bicyclic) bond motifs is 1. The van der Waals surface area contributed by atoms with Crippen molar-refractivity contribution in [2.45, 2.75) is 32.4 Å². The minimum atomic E-state index is 0. The zero-order chi connectivity index (χ0) is 15.4. The Morgan fingerprint density at radius 3 is 3.04 bits per heavy atom. The number of rotatable bonds is 5. The summed E-state index contributed by atoms with van der Waals surface area (Å²) in [7, 11) is 0. The predicted molar refractivity (Wildman–Crippen MR) is 107 cm³/mol. The first-order valence-corrected chi connectivity index (χ1v) is 8.10. The van der Waals surface area contributed by atoms with Crippen molar-refractivity contribution in [3.8, 4) is 0 Å². The summed E-state index contributed by atoms with van der Waals surface area (Å²) in [4.78, 5) is 10.3. The molecule has 1 saturated heterocycles. The van der Waals surface area contributed by atoms with Crippen LogP contribution in [0.15, 0.2) is 35.3 Å². The highest BCUT2D eigenvalue weighted by Crippen LogP contribution is 2.16. The van der Waals surface area contributed by atoms with Crippen LogP contribution in [0, 0.1) is 0 Å². The van der Waals surface area contributed by atoms with Crippen LogP contribution in [0.1, 0.15) is 25.5 Å². The Labute approximate surface area is 154 Å². The molecular formula is C17H26IN5. The number of likely N-dealkylation sites (tertiary alicyclic amines) is 1. The molecule has 1 aliphatic heterocycles. The molecular weight excluding hydrogens is 401 g/mol. The van der Waals surface area contributed by atoms with Gasteiger partial charge in [-0.2, -0.15) is 0 Å². The number of likely N-dealkylation sites (N-methyl/N-ethyl adjacent to an activating group) is 1. The summed E-state index contributed by atoms with van der Waals surface area (Å²) >= 11 is 0. The Morgan fingerprint density at radius 1 is 1.43 bits per heavy atom. The van der Waals surface area contributed by atoms with Gasteiger partial charge in [-0.3, -0.25) is 4.90 Å². The lowest BCUT2D eigenvalue weighted by Crippen LogP contribution is -2.42. The van der Waals surface area contributed by atoms with Crippen LogP contribution in [0.5, 0.6) is 0 Å². The van der Waals surface area contributed by atoms with E-state index in [9.17, 15) is 0 Å². The second-order valence-electron chi connectivity index (χ2n) is 5.89. The Hall–Kier alpha value is -1.28. The summed E-state index contributed by atoms with van der Waals surface area (Å²) in [5.74, 6) is 0.529. The molecule has 1 aliphatic rings. The van der Waals surface area contributed by atoms with Gasteiger partial charge in [0.05, 0.1) is 6.54 Å². The number of hydrogen-bond donors (Lipinski definition) is 3. The fourth-order valence-corrected chi connectivity index (χ4v) is 3.21. The van der Waals surface area contributed by atoms with Crippen molar-refractivity contribution < 1.29 is 0 Å². The Balaban J connectivity index is 0.00000192.